The summed E-state index contributed by atoms with van der Waals surface area (Å²) in [6, 6.07) is 14.0. The van der Waals surface area contributed by atoms with Gasteiger partial charge in [-0.15, -0.1) is 10.2 Å². The minimum Gasteiger partial charge on any atom is -0.464 e. The molecule has 0 N–H and O–H groups in total. The first-order valence-electron chi connectivity index (χ1n) is 8.83. The Bertz CT molecular complexity index is 950. The fourth-order valence-electron chi connectivity index (χ4n) is 2.72. The summed E-state index contributed by atoms with van der Waals surface area (Å²) < 4.78 is 9.43. The van der Waals surface area contributed by atoms with Gasteiger partial charge in [0.25, 0.3) is 0 Å². The van der Waals surface area contributed by atoms with E-state index in [2.05, 4.69) is 39.4 Å². The van der Waals surface area contributed by atoms with E-state index < -0.39 is 0 Å². The molecule has 0 bridgehead atoms. The van der Waals surface area contributed by atoms with Gasteiger partial charge in [0.15, 0.2) is 5.00 Å². The van der Waals surface area contributed by atoms with Crippen LogP contribution in [0.3, 0.4) is 0 Å². The summed E-state index contributed by atoms with van der Waals surface area (Å²) in [5.74, 6) is -0.257. The van der Waals surface area contributed by atoms with Crippen molar-refractivity contribution in [3.8, 4) is 0 Å². The van der Waals surface area contributed by atoms with Gasteiger partial charge in [0.1, 0.15) is 6.61 Å². The van der Waals surface area contributed by atoms with E-state index in [0.29, 0.717) is 13.2 Å². The second kappa shape index (κ2) is 8.73. The summed E-state index contributed by atoms with van der Waals surface area (Å²) in [6.45, 7) is 7.40. The lowest BCUT2D eigenvalue weighted by Crippen LogP contribution is -2.27. The quantitative estimate of drug-likeness (QED) is 0.405. The number of hydrogen-bond donors (Lipinski definition) is 0. The molecule has 6 nitrogen and oxygen atoms in total. The van der Waals surface area contributed by atoms with Crippen molar-refractivity contribution in [3.05, 3.63) is 48.0 Å². The van der Waals surface area contributed by atoms with Gasteiger partial charge in [0.05, 0.1) is 17.7 Å². The first kappa shape index (κ1) is 19.0. The summed E-state index contributed by atoms with van der Waals surface area (Å²) in [6.07, 6.45) is 0. The number of esters is 1. The number of carbonyl (C=O) groups excluding carboxylic acids is 1. The summed E-state index contributed by atoms with van der Waals surface area (Å²) in [7, 11) is 0. The molecule has 0 radical (unpaired) electrons. The zero-order valence-electron chi connectivity index (χ0n) is 15.7. The largest absolute Gasteiger partial charge is 0.464 e. The predicted molar refractivity (Wildman–Crippen MR) is 109 cm³/mol. The number of aromatic nitrogens is 1. The number of azo groups is 1. The number of rotatable bonds is 7. The number of hydrogen-bond acceptors (Lipinski definition) is 7. The number of aryl methyl sites for hydroxylation is 1. The lowest BCUT2D eigenvalue weighted by molar-refractivity contribution is -0.140. The molecule has 0 aliphatic carbocycles. The molecule has 7 heteroatoms. The zero-order valence-corrected chi connectivity index (χ0v) is 16.5. The van der Waals surface area contributed by atoms with Crippen molar-refractivity contribution in [2.45, 2.75) is 20.8 Å². The van der Waals surface area contributed by atoms with Crippen LogP contribution < -0.4 is 4.90 Å². The van der Waals surface area contributed by atoms with Crippen LogP contribution in [-0.4, -0.2) is 30.0 Å². The van der Waals surface area contributed by atoms with Crippen molar-refractivity contribution < 1.29 is 9.53 Å². The molecule has 0 amide bonds. The van der Waals surface area contributed by atoms with Gasteiger partial charge >= 0.3 is 5.97 Å². The number of ether oxygens (including phenoxy) is 1. The predicted octanol–water partition coefficient (Wildman–Crippen LogP) is 5.41. The second-order valence-corrected chi connectivity index (χ2v) is 6.90. The number of fused-ring (bicyclic) bond motifs is 1. The summed E-state index contributed by atoms with van der Waals surface area (Å²) in [5, 5.41) is 10.6. The first-order valence-corrected chi connectivity index (χ1v) is 9.60. The molecular formula is C20H22N4O2S. The highest BCUT2D eigenvalue weighted by atomic mass is 32.1. The Morgan fingerprint density at radius 1 is 1.19 bits per heavy atom. The zero-order chi connectivity index (χ0) is 19.2. The fraction of sp³-hybridized carbons (Fsp3) is 0.300. The smallest absolute Gasteiger partial charge is 0.302 e. The average molecular weight is 382 g/mol. The molecule has 0 fully saturated rings. The van der Waals surface area contributed by atoms with E-state index in [1.165, 1.54) is 24.0 Å². The van der Waals surface area contributed by atoms with Crippen molar-refractivity contribution >= 4 is 44.8 Å². The third-order valence-electron chi connectivity index (χ3n) is 4.13. The molecule has 0 saturated carbocycles. The number of anilines is 1. The van der Waals surface area contributed by atoms with Gasteiger partial charge in [-0.3, -0.25) is 4.79 Å². The van der Waals surface area contributed by atoms with E-state index in [4.69, 9.17) is 4.74 Å². The summed E-state index contributed by atoms with van der Waals surface area (Å²) in [5.41, 5.74) is 3.96. The van der Waals surface area contributed by atoms with E-state index in [1.807, 2.05) is 36.4 Å². The highest BCUT2D eigenvalue weighted by Crippen LogP contribution is 2.32. The van der Waals surface area contributed by atoms with Crippen LogP contribution in [-0.2, 0) is 9.53 Å². The van der Waals surface area contributed by atoms with E-state index in [9.17, 15) is 4.79 Å². The third-order valence-corrected chi connectivity index (χ3v) is 4.89. The lowest BCUT2D eigenvalue weighted by Gasteiger charge is -2.22. The molecular weight excluding hydrogens is 360 g/mol. The molecule has 0 atom stereocenters. The van der Waals surface area contributed by atoms with Crippen molar-refractivity contribution in [3.63, 3.8) is 0 Å². The molecule has 2 aromatic carbocycles. The Hall–Kier alpha value is -2.80. The molecule has 3 aromatic rings. The number of benzene rings is 2. The van der Waals surface area contributed by atoms with Crippen molar-refractivity contribution in [1.82, 2.24) is 4.37 Å². The van der Waals surface area contributed by atoms with E-state index in [0.717, 1.165) is 33.8 Å². The molecule has 27 heavy (non-hydrogen) atoms. The maximum atomic E-state index is 10.9. The average Bonchev–Trinajstić information content (AvgIpc) is 3.06. The van der Waals surface area contributed by atoms with Gasteiger partial charge in [0, 0.05) is 24.5 Å². The van der Waals surface area contributed by atoms with Gasteiger partial charge in [0.2, 0.25) is 0 Å². The lowest BCUT2D eigenvalue weighted by atomic mass is 10.2. The van der Waals surface area contributed by atoms with E-state index in [-0.39, 0.29) is 5.97 Å². The van der Waals surface area contributed by atoms with Crippen molar-refractivity contribution in [2.24, 2.45) is 10.2 Å². The minimum absolute atomic E-state index is 0.257. The van der Waals surface area contributed by atoms with Crippen LogP contribution in [0, 0.1) is 6.92 Å². The molecule has 3 rings (SSSR count). The molecule has 0 unspecified atom stereocenters. The topological polar surface area (TPSA) is 67.2 Å². The van der Waals surface area contributed by atoms with E-state index in [1.54, 1.807) is 0 Å². The van der Waals surface area contributed by atoms with Gasteiger partial charge < -0.3 is 9.64 Å². The molecule has 0 saturated heterocycles. The van der Waals surface area contributed by atoms with Crippen LogP contribution in [0.4, 0.5) is 16.4 Å². The SMILES string of the molecule is CCN(CCOC(C)=O)c1ccc(/N=N/c2snc3ccc(C)cc23)cc1. The Morgan fingerprint density at radius 2 is 1.96 bits per heavy atom. The summed E-state index contributed by atoms with van der Waals surface area (Å²) in [4.78, 5) is 13.0. The van der Waals surface area contributed by atoms with Gasteiger partial charge in [-0.05, 0) is 61.8 Å². The van der Waals surface area contributed by atoms with Crippen LogP contribution in [0.1, 0.15) is 19.4 Å². The molecule has 1 heterocycles. The van der Waals surface area contributed by atoms with Gasteiger partial charge in [-0.1, -0.05) is 11.6 Å². The normalized spacial score (nSPS) is 11.2. The maximum absolute atomic E-state index is 10.9. The van der Waals surface area contributed by atoms with Gasteiger partial charge in [-0.25, -0.2) is 0 Å². The third kappa shape index (κ3) is 4.89. The summed E-state index contributed by atoms with van der Waals surface area (Å²) >= 11 is 1.35. The Labute approximate surface area is 162 Å². The highest BCUT2D eigenvalue weighted by Gasteiger charge is 2.07. The number of nitrogens with zero attached hydrogens (tertiary/aromatic N) is 4. The number of carbonyl (C=O) groups is 1. The monoisotopic (exact) mass is 382 g/mol. The Morgan fingerprint density at radius 3 is 2.67 bits per heavy atom. The molecule has 1 aromatic heterocycles. The first-order chi connectivity index (χ1) is 13.1. The molecule has 0 aliphatic heterocycles. The van der Waals surface area contributed by atoms with E-state index >= 15 is 0 Å². The number of likely N-dealkylation sites (N-methyl/N-ethyl adjacent to an activating group) is 1. The van der Waals surface area contributed by atoms with Crippen molar-refractivity contribution in [2.75, 3.05) is 24.6 Å². The standard InChI is InChI=1S/C20H22N4O2S/c1-4-24(11-12-26-15(3)25)17-8-6-16(7-9-17)21-22-20-18-13-14(2)5-10-19(18)23-27-20/h5-10,13H,4,11-12H2,1-3H3/b22-21+. The van der Waals surface area contributed by atoms with Crippen molar-refractivity contribution in [1.29, 1.82) is 0 Å². The second-order valence-electron chi connectivity index (χ2n) is 6.14. The van der Waals surface area contributed by atoms with Crippen LogP contribution in [0.5, 0.6) is 0 Å². The van der Waals surface area contributed by atoms with Crippen LogP contribution >= 0.6 is 11.5 Å². The molecule has 0 spiro atoms. The Kier molecular flexibility index (Phi) is 6.13. The minimum atomic E-state index is -0.257. The van der Waals surface area contributed by atoms with Crippen LogP contribution in [0.25, 0.3) is 10.9 Å². The Balaban J connectivity index is 1.70. The van der Waals surface area contributed by atoms with Gasteiger partial charge in [-0.2, -0.15) is 4.37 Å². The fourth-order valence-corrected chi connectivity index (χ4v) is 3.40. The van der Waals surface area contributed by atoms with Crippen LogP contribution in [0.15, 0.2) is 52.7 Å². The maximum Gasteiger partial charge on any atom is 0.302 e. The highest BCUT2D eigenvalue weighted by molar-refractivity contribution is 7.11. The van der Waals surface area contributed by atoms with Crippen LogP contribution in [0.2, 0.25) is 0 Å². The molecule has 140 valence electrons. The molecule has 0 aliphatic rings.